The summed E-state index contributed by atoms with van der Waals surface area (Å²) >= 11 is 0. The minimum Gasteiger partial charge on any atom is -0.456 e. The molecular weight excluding hydrogens is 438 g/mol. The van der Waals surface area contributed by atoms with Crippen LogP contribution in [0.4, 0.5) is 28.9 Å². The van der Waals surface area contributed by atoms with Crippen molar-refractivity contribution in [3.8, 4) is 5.75 Å². The van der Waals surface area contributed by atoms with Crippen LogP contribution in [0.5, 0.6) is 5.75 Å². The highest BCUT2D eigenvalue weighted by molar-refractivity contribution is 5.91. The number of hydrogen-bond acceptors (Lipinski definition) is 4. The molecule has 33 heavy (non-hydrogen) atoms. The number of anilines is 2. The molecule has 0 unspecified atom stereocenters. The van der Waals surface area contributed by atoms with Crippen molar-refractivity contribution >= 4 is 17.3 Å². The molecule has 174 valence electrons. The van der Waals surface area contributed by atoms with E-state index in [1.54, 1.807) is 62.1 Å². The molecule has 0 heterocycles. The third kappa shape index (κ3) is 6.71. The Bertz CT molecular complexity index is 1130. The van der Waals surface area contributed by atoms with E-state index in [1.165, 1.54) is 18.2 Å². The number of esters is 1. The summed E-state index contributed by atoms with van der Waals surface area (Å²) in [5.74, 6) is -2.56. The number of halogens is 4. The van der Waals surface area contributed by atoms with Crippen molar-refractivity contribution < 1.29 is 31.8 Å². The maximum atomic E-state index is 14.5. The topological polar surface area (TPSA) is 38.8 Å². The van der Waals surface area contributed by atoms with E-state index in [1.807, 2.05) is 0 Å². The zero-order chi connectivity index (χ0) is 24.2. The lowest BCUT2D eigenvalue weighted by Crippen LogP contribution is -2.24. The Kier molecular flexibility index (Phi) is 7.26. The van der Waals surface area contributed by atoms with E-state index in [2.05, 4.69) is 4.74 Å². The number of carbonyl (C=O) groups excluding carboxylic acids is 1. The van der Waals surface area contributed by atoms with Gasteiger partial charge in [-0.1, -0.05) is 18.2 Å². The minimum absolute atomic E-state index is 0.115. The van der Waals surface area contributed by atoms with Gasteiger partial charge in [0.2, 0.25) is 0 Å². The number of benzene rings is 3. The summed E-state index contributed by atoms with van der Waals surface area (Å²) < 4.78 is 62.8. The van der Waals surface area contributed by atoms with Gasteiger partial charge in [-0.25, -0.2) is 13.6 Å². The molecule has 0 aliphatic rings. The number of ether oxygens (including phenoxy) is 2. The van der Waals surface area contributed by atoms with Gasteiger partial charge in [0.1, 0.15) is 11.4 Å². The molecule has 3 rings (SSSR count). The Hall–Kier alpha value is -3.55. The SMILES string of the molecule is CC(C)(C)OC(=O)c1cccc(N(Cc2cccc(F)c2)c2ccc(OC(F)F)c(F)c2)c1. The van der Waals surface area contributed by atoms with Crippen molar-refractivity contribution in [2.45, 2.75) is 39.5 Å². The van der Waals surface area contributed by atoms with Gasteiger partial charge in [-0.3, -0.25) is 0 Å². The molecule has 3 aromatic rings. The highest BCUT2D eigenvalue weighted by atomic mass is 19.3. The molecule has 0 aliphatic heterocycles. The second-order valence-corrected chi connectivity index (χ2v) is 8.26. The second kappa shape index (κ2) is 9.94. The number of nitrogens with zero attached hydrogens (tertiary/aromatic N) is 1. The molecule has 0 amide bonds. The average molecular weight is 461 g/mol. The molecule has 8 heteroatoms. The van der Waals surface area contributed by atoms with Crippen LogP contribution >= 0.6 is 0 Å². The predicted molar refractivity (Wildman–Crippen MR) is 117 cm³/mol. The van der Waals surface area contributed by atoms with E-state index in [4.69, 9.17) is 4.74 Å². The largest absolute Gasteiger partial charge is 0.456 e. The van der Waals surface area contributed by atoms with Crippen LogP contribution in [-0.4, -0.2) is 18.2 Å². The van der Waals surface area contributed by atoms with Crippen molar-refractivity contribution in [3.63, 3.8) is 0 Å². The Balaban J connectivity index is 2.02. The van der Waals surface area contributed by atoms with Crippen LogP contribution in [0, 0.1) is 11.6 Å². The van der Waals surface area contributed by atoms with E-state index >= 15 is 0 Å². The molecule has 0 spiro atoms. The predicted octanol–water partition coefficient (Wildman–Crippen LogP) is 6.86. The fourth-order valence-corrected chi connectivity index (χ4v) is 3.14. The summed E-state index contributed by atoms with van der Waals surface area (Å²) in [6, 6.07) is 15.9. The van der Waals surface area contributed by atoms with Crippen LogP contribution in [0.1, 0.15) is 36.7 Å². The van der Waals surface area contributed by atoms with Crippen LogP contribution in [0.2, 0.25) is 0 Å². The van der Waals surface area contributed by atoms with Gasteiger partial charge in [0, 0.05) is 24.0 Å². The maximum absolute atomic E-state index is 14.5. The van der Waals surface area contributed by atoms with Gasteiger partial charge in [-0.2, -0.15) is 8.78 Å². The summed E-state index contributed by atoms with van der Waals surface area (Å²) in [4.78, 5) is 14.2. The summed E-state index contributed by atoms with van der Waals surface area (Å²) in [7, 11) is 0. The normalized spacial score (nSPS) is 11.4. The van der Waals surface area contributed by atoms with Crippen molar-refractivity contribution in [1.29, 1.82) is 0 Å². The molecule has 0 aliphatic carbocycles. The Morgan fingerprint density at radius 2 is 1.64 bits per heavy atom. The number of hydrogen-bond donors (Lipinski definition) is 0. The van der Waals surface area contributed by atoms with Crippen LogP contribution in [0.15, 0.2) is 66.7 Å². The zero-order valence-electron chi connectivity index (χ0n) is 18.3. The lowest BCUT2D eigenvalue weighted by Gasteiger charge is -2.26. The standard InChI is InChI=1S/C25H23F4NO3/c1-25(2,3)33-23(31)17-7-5-9-19(13-17)30(15-16-6-4-8-18(26)12-16)20-10-11-22(21(27)14-20)32-24(28)29/h4-14,24H,15H2,1-3H3. The molecule has 0 fully saturated rings. The first-order valence-corrected chi connectivity index (χ1v) is 10.1. The van der Waals surface area contributed by atoms with Crippen molar-refractivity contribution in [3.05, 3.63) is 89.5 Å². The molecule has 0 aromatic heterocycles. The van der Waals surface area contributed by atoms with Gasteiger partial charge in [0.15, 0.2) is 11.6 Å². The quantitative estimate of drug-likeness (QED) is 0.285. The zero-order valence-corrected chi connectivity index (χ0v) is 18.3. The van der Waals surface area contributed by atoms with Gasteiger partial charge in [0.25, 0.3) is 0 Å². The number of alkyl halides is 2. The van der Waals surface area contributed by atoms with Crippen molar-refractivity contribution in [2.24, 2.45) is 0 Å². The fourth-order valence-electron chi connectivity index (χ4n) is 3.14. The van der Waals surface area contributed by atoms with Crippen LogP contribution in [0.25, 0.3) is 0 Å². The number of carbonyl (C=O) groups is 1. The molecule has 0 N–H and O–H groups in total. The maximum Gasteiger partial charge on any atom is 0.387 e. The van der Waals surface area contributed by atoms with E-state index in [-0.39, 0.29) is 12.1 Å². The van der Waals surface area contributed by atoms with E-state index in [9.17, 15) is 22.4 Å². The van der Waals surface area contributed by atoms with E-state index < -0.39 is 35.6 Å². The molecular formula is C25H23F4NO3. The fraction of sp³-hybridized carbons (Fsp3) is 0.240. The summed E-state index contributed by atoms with van der Waals surface area (Å²) in [5, 5.41) is 0. The Morgan fingerprint density at radius 1 is 0.939 bits per heavy atom. The monoisotopic (exact) mass is 461 g/mol. The average Bonchev–Trinajstić information content (AvgIpc) is 2.72. The summed E-state index contributed by atoms with van der Waals surface area (Å²) in [5.41, 5.74) is 0.929. The van der Waals surface area contributed by atoms with Gasteiger partial charge in [-0.05, 0) is 68.8 Å². The molecule has 0 saturated carbocycles. The van der Waals surface area contributed by atoms with Crippen LogP contribution in [-0.2, 0) is 11.3 Å². The van der Waals surface area contributed by atoms with E-state index in [0.717, 1.165) is 12.1 Å². The van der Waals surface area contributed by atoms with Crippen molar-refractivity contribution in [2.75, 3.05) is 4.90 Å². The van der Waals surface area contributed by atoms with E-state index in [0.29, 0.717) is 16.9 Å². The highest BCUT2D eigenvalue weighted by Crippen LogP contribution is 2.32. The summed E-state index contributed by atoms with van der Waals surface area (Å²) in [6.07, 6.45) is 0. The van der Waals surface area contributed by atoms with Crippen LogP contribution in [0.3, 0.4) is 0 Å². The molecule has 0 saturated heterocycles. The lowest BCUT2D eigenvalue weighted by molar-refractivity contribution is -0.0521. The molecule has 3 aromatic carbocycles. The first-order valence-electron chi connectivity index (χ1n) is 10.1. The summed E-state index contributed by atoms with van der Waals surface area (Å²) in [6.45, 7) is 2.19. The van der Waals surface area contributed by atoms with Gasteiger partial charge in [0.05, 0.1) is 5.56 Å². The Morgan fingerprint density at radius 3 is 2.27 bits per heavy atom. The Labute approximate surface area is 189 Å². The molecule has 0 bridgehead atoms. The first kappa shape index (κ1) is 24.1. The third-order valence-electron chi connectivity index (χ3n) is 4.47. The van der Waals surface area contributed by atoms with Gasteiger partial charge < -0.3 is 14.4 Å². The van der Waals surface area contributed by atoms with Gasteiger partial charge >= 0.3 is 12.6 Å². The first-order chi connectivity index (χ1) is 15.5. The smallest absolute Gasteiger partial charge is 0.387 e. The highest BCUT2D eigenvalue weighted by Gasteiger charge is 2.20. The lowest BCUT2D eigenvalue weighted by atomic mass is 10.1. The second-order valence-electron chi connectivity index (χ2n) is 8.26. The van der Waals surface area contributed by atoms with Crippen molar-refractivity contribution in [1.82, 2.24) is 0 Å². The van der Waals surface area contributed by atoms with Gasteiger partial charge in [-0.15, -0.1) is 0 Å². The molecule has 0 atom stereocenters. The van der Waals surface area contributed by atoms with Crippen LogP contribution < -0.4 is 9.64 Å². The third-order valence-corrected chi connectivity index (χ3v) is 4.47. The molecule has 0 radical (unpaired) electrons. The minimum atomic E-state index is -3.17. The molecule has 4 nitrogen and oxygen atoms in total. The number of rotatable bonds is 7.